The summed E-state index contributed by atoms with van der Waals surface area (Å²) in [5, 5.41) is 0.747. The second kappa shape index (κ2) is 6.02. The van der Waals surface area contributed by atoms with Crippen LogP contribution in [-0.4, -0.2) is 11.5 Å². The molecule has 1 atom stereocenters. The summed E-state index contributed by atoms with van der Waals surface area (Å²) in [7, 11) is 0. The van der Waals surface area contributed by atoms with Gasteiger partial charge in [0.1, 0.15) is 0 Å². The van der Waals surface area contributed by atoms with E-state index in [0.717, 1.165) is 29.2 Å². The van der Waals surface area contributed by atoms with Gasteiger partial charge in [-0.2, -0.15) is 0 Å². The van der Waals surface area contributed by atoms with E-state index in [2.05, 4.69) is 6.07 Å². The smallest absolute Gasteiger partial charge is 0.167 e. The molecule has 0 heterocycles. The first-order chi connectivity index (χ1) is 9.74. The van der Waals surface area contributed by atoms with Crippen LogP contribution < -0.4 is 0 Å². The number of halogens is 1. The van der Waals surface area contributed by atoms with Gasteiger partial charge in [0, 0.05) is 27.2 Å². The Morgan fingerprint density at radius 2 is 1.85 bits per heavy atom. The normalized spacial score (nSPS) is 17.9. The molecule has 2 aromatic rings. The van der Waals surface area contributed by atoms with Gasteiger partial charge < -0.3 is 0 Å². The number of carbonyl (C=O) groups excluding carboxylic acids is 1. The lowest BCUT2D eigenvalue weighted by Crippen LogP contribution is -2.24. The summed E-state index contributed by atoms with van der Waals surface area (Å²) in [6.45, 7) is 0. The lowest BCUT2D eigenvalue weighted by molar-refractivity contribution is 0.0917. The van der Waals surface area contributed by atoms with Crippen LogP contribution in [0.2, 0.25) is 5.02 Å². The Balaban J connectivity index is 1.68. The van der Waals surface area contributed by atoms with E-state index in [9.17, 15) is 4.79 Å². The highest BCUT2D eigenvalue weighted by atomic mass is 35.5. The summed E-state index contributed by atoms with van der Waals surface area (Å²) in [4.78, 5) is 13.6. The van der Waals surface area contributed by atoms with E-state index in [4.69, 9.17) is 11.6 Å². The van der Waals surface area contributed by atoms with Gasteiger partial charge in [-0.15, -0.1) is 11.8 Å². The van der Waals surface area contributed by atoms with E-state index >= 15 is 0 Å². The van der Waals surface area contributed by atoms with Crippen LogP contribution in [0.4, 0.5) is 0 Å². The number of thioether (sulfide) groups is 1. The van der Waals surface area contributed by atoms with Gasteiger partial charge in [-0.3, -0.25) is 4.79 Å². The number of ketones is 1. The zero-order valence-corrected chi connectivity index (χ0v) is 12.6. The van der Waals surface area contributed by atoms with Gasteiger partial charge in [0.15, 0.2) is 5.78 Å². The van der Waals surface area contributed by atoms with E-state index in [0.29, 0.717) is 5.78 Å². The number of fused-ring (bicyclic) bond motifs is 1. The molecule has 0 saturated carbocycles. The van der Waals surface area contributed by atoms with Crippen molar-refractivity contribution in [1.29, 1.82) is 0 Å². The minimum atomic E-state index is 0.130. The Morgan fingerprint density at radius 1 is 1.10 bits per heavy atom. The number of carbonyl (C=O) groups is 1. The van der Waals surface area contributed by atoms with Gasteiger partial charge in [-0.05, 0) is 42.7 Å². The van der Waals surface area contributed by atoms with Gasteiger partial charge in [0.05, 0.1) is 0 Å². The van der Waals surface area contributed by atoms with E-state index < -0.39 is 0 Å². The maximum absolute atomic E-state index is 12.5. The van der Waals surface area contributed by atoms with Gasteiger partial charge in [0.2, 0.25) is 0 Å². The Morgan fingerprint density at radius 3 is 2.65 bits per heavy atom. The average molecular weight is 303 g/mol. The predicted molar refractivity (Wildman–Crippen MR) is 84.8 cm³/mol. The number of Topliss-reactive ketones (excluding diaryl/α,β-unsaturated/α-hetero) is 1. The van der Waals surface area contributed by atoms with Crippen molar-refractivity contribution in [2.45, 2.75) is 17.7 Å². The lowest BCUT2D eigenvalue weighted by Gasteiger charge is -2.22. The summed E-state index contributed by atoms with van der Waals surface area (Å²) < 4.78 is 0. The molecule has 2 aromatic carbocycles. The van der Waals surface area contributed by atoms with Crippen LogP contribution in [0.15, 0.2) is 53.4 Å². The molecule has 3 rings (SSSR count). The molecule has 0 saturated heterocycles. The first-order valence-corrected chi connectivity index (χ1v) is 8.11. The summed E-state index contributed by atoms with van der Waals surface area (Å²) in [6, 6.07) is 15.8. The maximum atomic E-state index is 12.5. The molecule has 0 spiro atoms. The highest BCUT2D eigenvalue weighted by Crippen LogP contribution is 2.30. The summed E-state index contributed by atoms with van der Waals surface area (Å²) in [5.74, 6) is 1.27. The number of aryl methyl sites for hydroxylation is 1. The van der Waals surface area contributed by atoms with Crippen molar-refractivity contribution in [3.8, 4) is 0 Å². The maximum Gasteiger partial charge on any atom is 0.167 e. The second-order valence-corrected chi connectivity index (χ2v) is 6.55. The summed E-state index contributed by atoms with van der Waals surface area (Å²) in [6.07, 6.45) is 1.96. The number of hydrogen-bond donors (Lipinski definition) is 0. The number of hydrogen-bond acceptors (Lipinski definition) is 2. The van der Waals surface area contributed by atoms with Gasteiger partial charge in [-0.1, -0.05) is 35.9 Å². The van der Waals surface area contributed by atoms with Crippen molar-refractivity contribution in [2.75, 3.05) is 5.75 Å². The van der Waals surface area contributed by atoms with E-state index in [-0.39, 0.29) is 5.92 Å². The van der Waals surface area contributed by atoms with E-state index in [1.807, 2.05) is 42.5 Å². The van der Waals surface area contributed by atoms with Crippen LogP contribution in [0.3, 0.4) is 0 Å². The Labute approximate surface area is 128 Å². The van der Waals surface area contributed by atoms with Crippen LogP contribution >= 0.6 is 23.4 Å². The molecular weight excluding hydrogens is 288 g/mol. The van der Waals surface area contributed by atoms with Crippen LogP contribution in [0, 0.1) is 5.92 Å². The summed E-state index contributed by atoms with van der Waals surface area (Å²) >= 11 is 7.61. The highest BCUT2D eigenvalue weighted by Gasteiger charge is 2.26. The lowest BCUT2D eigenvalue weighted by atomic mass is 9.84. The minimum absolute atomic E-state index is 0.130. The molecule has 0 amide bonds. The first-order valence-electron chi connectivity index (χ1n) is 6.74. The SMILES string of the molecule is O=C1c2ccccc2CC[C@H]1CSc1ccc(Cl)cc1. The van der Waals surface area contributed by atoms with Crippen molar-refractivity contribution in [1.82, 2.24) is 0 Å². The molecule has 0 N–H and O–H groups in total. The fraction of sp³-hybridized carbons (Fsp3) is 0.235. The van der Waals surface area contributed by atoms with Crippen LogP contribution in [0.1, 0.15) is 22.3 Å². The van der Waals surface area contributed by atoms with E-state index in [1.165, 1.54) is 10.5 Å². The van der Waals surface area contributed by atoms with Crippen LogP contribution in [-0.2, 0) is 6.42 Å². The molecule has 0 unspecified atom stereocenters. The molecule has 20 heavy (non-hydrogen) atoms. The predicted octanol–water partition coefficient (Wildman–Crippen LogP) is 4.88. The molecule has 1 aliphatic carbocycles. The largest absolute Gasteiger partial charge is 0.294 e. The Hall–Kier alpha value is -1.25. The Bertz CT molecular complexity index is 621. The third-order valence-electron chi connectivity index (χ3n) is 3.68. The van der Waals surface area contributed by atoms with Crippen LogP contribution in [0.25, 0.3) is 0 Å². The average Bonchev–Trinajstić information content (AvgIpc) is 2.49. The Kier molecular flexibility index (Phi) is 4.13. The topological polar surface area (TPSA) is 17.1 Å². The third-order valence-corrected chi connectivity index (χ3v) is 5.11. The molecule has 0 aliphatic heterocycles. The van der Waals surface area contributed by atoms with Crippen LogP contribution in [0.5, 0.6) is 0 Å². The minimum Gasteiger partial charge on any atom is -0.294 e. The standard InChI is InChI=1S/C17H15ClOS/c18-14-7-9-15(10-8-14)20-11-13-6-5-12-3-1-2-4-16(12)17(13)19/h1-4,7-10,13H,5-6,11H2/t13-/m0/s1. The van der Waals surface area contributed by atoms with Gasteiger partial charge >= 0.3 is 0 Å². The van der Waals surface area contributed by atoms with Crippen molar-refractivity contribution < 1.29 is 4.79 Å². The van der Waals surface area contributed by atoms with Crippen molar-refractivity contribution in [2.24, 2.45) is 5.92 Å². The monoisotopic (exact) mass is 302 g/mol. The quantitative estimate of drug-likeness (QED) is 0.752. The van der Waals surface area contributed by atoms with Gasteiger partial charge in [-0.25, -0.2) is 0 Å². The zero-order chi connectivity index (χ0) is 13.9. The number of rotatable bonds is 3. The highest BCUT2D eigenvalue weighted by molar-refractivity contribution is 7.99. The second-order valence-electron chi connectivity index (χ2n) is 5.02. The van der Waals surface area contributed by atoms with Crippen molar-refractivity contribution in [3.63, 3.8) is 0 Å². The van der Waals surface area contributed by atoms with E-state index in [1.54, 1.807) is 11.8 Å². The fourth-order valence-corrected chi connectivity index (χ4v) is 3.71. The molecule has 1 nitrogen and oxygen atoms in total. The number of benzene rings is 2. The molecule has 0 fully saturated rings. The van der Waals surface area contributed by atoms with Crippen molar-refractivity contribution in [3.05, 3.63) is 64.7 Å². The molecule has 0 aromatic heterocycles. The zero-order valence-electron chi connectivity index (χ0n) is 11.0. The molecule has 0 radical (unpaired) electrons. The molecule has 1 aliphatic rings. The summed E-state index contributed by atoms with van der Waals surface area (Å²) in [5.41, 5.74) is 2.12. The fourth-order valence-electron chi connectivity index (χ4n) is 2.55. The molecule has 0 bridgehead atoms. The molecule has 3 heteroatoms. The molecule has 102 valence electrons. The van der Waals surface area contributed by atoms with Crippen molar-refractivity contribution >= 4 is 29.1 Å². The first kappa shape index (κ1) is 13.7. The van der Waals surface area contributed by atoms with Gasteiger partial charge in [0.25, 0.3) is 0 Å². The third kappa shape index (κ3) is 2.92. The molecular formula is C17H15ClOS.